The number of benzene rings is 1. The summed E-state index contributed by atoms with van der Waals surface area (Å²) in [6.07, 6.45) is 1.56. The first-order valence-corrected chi connectivity index (χ1v) is 7.13. The van der Waals surface area contributed by atoms with Crippen LogP contribution in [0.4, 0.5) is 11.4 Å². The number of methoxy groups -OCH3 is 1. The molecule has 1 heterocycles. The monoisotopic (exact) mass is 349 g/mol. The minimum Gasteiger partial charge on any atom is -0.496 e. The lowest BCUT2D eigenvalue weighted by Gasteiger charge is -2.11. The number of pyridine rings is 1. The number of carbonyl (C=O) groups is 1. The van der Waals surface area contributed by atoms with E-state index in [2.05, 4.69) is 31.5 Å². The minimum absolute atomic E-state index is 0.219. The molecule has 5 nitrogen and oxygen atoms in total. The van der Waals surface area contributed by atoms with Crippen LogP contribution in [0.25, 0.3) is 0 Å². The number of anilines is 2. The first-order valence-electron chi connectivity index (χ1n) is 6.34. The summed E-state index contributed by atoms with van der Waals surface area (Å²) < 4.78 is 5.94. The van der Waals surface area contributed by atoms with Crippen molar-refractivity contribution in [3.8, 4) is 5.75 Å². The van der Waals surface area contributed by atoms with Crippen molar-refractivity contribution >= 4 is 33.2 Å². The lowest BCUT2D eigenvalue weighted by atomic mass is 10.2. The highest BCUT2D eigenvalue weighted by atomic mass is 79.9. The van der Waals surface area contributed by atoms with Crippen LogP contribution in [0.15, 0.2) is 34.9 Å². The summed E-state index contributed by atoms with van der Waals surface area (Å²) >= 11 is 3.39. The van der Waals surface area contributed by atoms with Crippen molar-refractivity contribution in [3.63, 3.8) is 0 Å². The Balaban J connectivity index is 2.24. The molecule has 0 saturated heterocycles. The summed E-state index contributed by atoms with van der Waals surface area (Å²) in [5.41, 5.74) is 2.76. The van der Waals surface area contributed by atoms with Gasteiger partial charge in [0.25, 0.3) is 5.91 Å². The highest BCUT2D eigenvalue weighted by Gasteiger charge is 2.12. The number of amides is 1. The molecule has 1 aromatic heterocycles. The molecule has 1 amide bonds. The van der Waals surface area contributed by atoms with E-state index in [9.17, 15) is 4.79 Å². The van der Waals surface area contributed by atoms with Crippen LogP contribution in [0, 0.1) is 6.92 Å². The molecule has 0 fully saturated rings. The number of hydrogen-bond acceptors (Lipinski definition) is 4. The zero-order valence-corrected chi connectivity index (χ0v) is 13.6. The van der Waals surface area contributed by atoms with Crippen LogP contribution in [-0.2, 0) is 0 Å². The third-order valence-electron chi connectivity index (χ3n) is 2.96. The number of hydrogen-bond donors (Lipinski definition) is 2. The molecular formula is C15H16BrN3O2. The molecule has 2 aromatic rings. The summed E-state index contributed by atoms with van der Waals surface area (Å²) in [5, 5.41) is 5.84. The molecule has 0 saturated carbocycles. The molecule has 0 aliphatic carbocycles. The van der Waals surface area contributed by atoms with Gasteiger partial charge in [-0.2, -0.15) is 0 Å². The van der Waals surface area contributed by atoms with E-state index < -0.39 is 0 Å². The molecule has 1 aromatic carbocycles. The number of carbonyl (C=O) groups excluding carboxylic acids is 1. The molecule has 0 unspecified atom stereocenters. The van der Waals surface area contributed by atoms with Crippen molar-refractivity contribution in [1.29, 1.82) is 0 Å². The van der Waals surface area contributed by atoms with Crippen molar-refractivity contribution in [3.05, 3.63) is 46.2 Å². The van der Waals surface area contributed by atoms with Crippen molar-refractivity contribution in [2.75, 3.05) is 24.8 Å². The van der Waals surface area contributed by atoms with Gasteiger partial charge >= 0.3 is 0 Å². The van der Waals surface area contributed by atoms with Crippen LogP contribution < -0.4 is 15.4 Å². The molecular weight excluding hydrogens is 334 g/mol. The van der Waals surface area contributed by atoms with E-state index in [1.54, 1.807) is 38.6 Å². The maximum atomic E-state index is 12.3. The number of ether oxygens (including phenoxy) is 1. The Morgan fingerprint density at radius 2 is 2.10 bits per heavy atom. The lowest BCUT2D eigenvalue weighted by molar-refractivity contribution is 0.102. The van der Waals surface area contributed by atoms with Crippen LogP contribution in [-0.4, -0.2) is 25.0 Å². The van der Waals surface area contributed by atoms with Crippen molar-refractivity contribution < 1.29 is 9.53 Å². The van der Waals surface area contributed by atoms with Gasteiger partial charge in [0.05, 0.1) is 22.8 Å². The average molecular weight is 350 g/mol. The average Bonchev–Trinajstić information content (AvgIpc) is 2.47. The Hall–Kier alpha value is -2.08. The van der Waals surface area contributed by atoms with E-state index in [0.29, 0.717) is 17.0 Å². The summed E-state index contributed by atoms with van der Waals surface area (Å²) in [6.45, 7) is 1.88. The van der Waals surface area contributed by atoms with E-state index in [1.165, 1.54) is 0 Å². The van der Waals surface area contributed by atoms with Gasteiger partial charge in [-0.3, -0.25) is 9.78 Å². The summed E-state index contributed by atoms with van der Waals surface area (Å²) in [7, 11) is 3.37. The van der Waals surface area contributed by atoms with Crippen LogP contribution in [0.1, 0.15) is 16.1 Å². The zero-order valence-electron chi connectivity index (χ0n) is 12.0. The minimum atomic E-state index is -0.219. The molecule has 0 spiro atoms. The number of aryl methyl sites for hydroxylation is 1. The molecule has 2 rings (SSSR count). The number of nitrogens with zero attached hydrogens (tertiary/aromatic N) is 1. The van der Waals surface area contributed by atoms with Gasteiger partial charge in [-0.1, -0.05) is 0 Å². The maximum absolute atomic E-state index is 12.3. The summed E-state index contributed by atoms with van der Waals surface area (Å²) in [6, 6.07) is 7.19. The highest BCUT2D eigenvalue weighted by molar-refractivity contribution is 9.10. The van der Waals surface area contributed by atoms with E-state index in [1.807, 2.05) is 13.0 Å². The van der Waals surface area contributed by atoms with E-state index in [-0.39, 0.29) is 5.91 Å². The number of aromatic nitrogens is 1. The van der Waals surface area contributed by atoms with E-state index >= 15 is 0 Å². The summed E-state index contributed by atoms with van der Waals surface area (Å²) in [5.74, 6) is 0.491. The van der Waals surface area contributed by atoms with Gasteiger partial charge < -0.3 is 15.4 Å². The standard InChI is InChI=1S/C15H16BrN3O2/c1-9-6-13(17-2)11(8-18-9)15(20)19-10-4-5-14(21-3)12(16)7-10/h4-8H,1-3H3,(H,17,18)(H,19,20). The van der Waals surface area contributed by atoms with Gasteiger partial charge in [-0.05, 0) is 47.1 Å². The smallest absolute Gasteiger partial charge is 0.259 e. The topological polar surface area (TPSA) is 63.2 Å². The highest BCUT2D eigenvalue weighted by Crippen LogP contribution is 2.28. The fraction of sp³-hybridized carbons (Fsp3) is 0.200. The molecule has 0 radical (unpaired) electrons. The Labute approximate surface area is 131 Å². The van der Waals surface area contributed by atoms with Gasteiger partial charge in [0, 0.05) is 24.6 Å². The lowest BCUT2D eigenvalue weighted by Crippen LogP contribution is -2.14. The molecule has 110 valence electrons. The van der Waals surface area contributed by atoms with Gasteiger partial charge in [-0.25, -0.2) is 0 Å². The van der Waals surface area contributed by atoms with Gasteiger partial charge in [0.15, 0.2) is 0 Å². The fourth-order valence-corrected chi connectivity index (χ4v) is 2.43. The normalized spacial score (nSPS) is 10.1. The number of nitrogens with one attached hydrogen (secondary N) is 2. The Morgan fingerprint density at radius 1 is 1.33 bits per heavy atom. The van der Waals surface area contributed by atoms with Crippen LogP contribution >= 0.6 is 15.9 Å². The molecule has 6 heteroatoms. The van der Waals surface area contributed by atoms with Crippen LogP contribution in [0.5, 0.6) is 5.75 Å². The molecule has 21 heavy (non-hydrogen) atoms. The second-order valence-electron chi connectivity index (χ2n) is 4.42. The second kappa shape index (κ2) is 6.58. The first-order chi connectivity index (χ1) is 10.0. The Morgan fingerprint density at radius 3 is 2.71 bits per heavy atom. The molecule has 0 aliphatic heterocycles. The molecule has 0 bridgehead atoms. The third-order valence-corrected chi connectivity index (χ3v) is 3.58. The van der Waals surface area contributed by atoms with Crippen LogP contribution in [0.3, 0.4) is 0 Å². The predicted molar refractivity (Wildman–Crippen MR) is 87.2 cm³/mol. The SMILES string of the molecule is CNc1cc(C)ncc1C(=O)Nc1ccc(OC)c(Br)c1. The fourth-order valence-electron chi connectivity index (χ4n) is 1.89. The maximum Gasteiger partial charge on any atom is 0.259 e. The third kappa shape index (κ3) is 3.52. The molecule has 0 atom stereocenters. The number of rotatable bonds is 4. The van der Waals surface area contributed by atoms with Gasteiger partial charge in [-0.15, -0.1) is 0 Å². The van der Waals surface area contributed by atoms with Crippen molar-refractivity contribution in [1.82, 2.24) is 4.98 Å². The number of halogens is 1. The van der Waals surface area contributed by atoms with E-state index in [0.717, 1.165) is 15.9 Å². The van der Waals surface area contributed by atoms with Gasteiger partial charge in [0.2, 0.25) is 0 Å². The summed E-state index contributed by atoms with van der Waals surface area (Å²) in [4.78, 5) is 16.5. The van der Waals surface area contributed by atoms with Crippen molar-refractivity contribution in [2.45, 2.75) is 6.92 Å². The quantitative estimate of drug-likeness (QED) is 0.887. The van der Waals surface area contributed by atoms with Gasteiger partial charge in [0.1, 0.15) is 5.75 Å². The largest absolute Gasteiger partial charge is 0.496 e. The van der Waals surface area contributed by atoms with Crippen LogP contribution in [0.2, 0.25) is 0 Å². The molecule has 2 N–H and O–H groups in total. The Kier molecular flexibility index (Phi) is 4.80. The zero-order chi connectivity index (χ0) is 15.4. The second-order valence-corrected chi connectivity index (χ2v) is 5.28. The first kappa shape index (κ1) is 15.3. The predicted octanol–water partition coefficient (Wildman–Crippen LogP) is 3.46. The Bertz CT molecular complexity index is 674. The van der Waals surface area contributed by atoms with E-state index in [4.69, 9.17) is 4.74 Å². The van der Waals surface area contributed by atoms with Crippen molar-refractivity contribution in [2.24, 2.45) is 0 Å². The molecule has 0 aliphatic rings.